The summed E-state index contributed by atoms with van der Waals surface area (Å²) >= 11 is 0. The molecule has 0 bridgehead atoms. The second-order valence-electron chi connectivity index (χ2n) is 11.7. The van der Waals surface area contributed by atoms with Gasteiger partial charge in [0.25, 0.3) is 0 Å². The molecule has 0 N–H and O–H groups in total. The first-order valence-corrected chi connectivity index (χ1v) is 16.1. The van der Waals surface area contributed by atoms with Crippen molar-refractivity contribution in [2.45, 2.75) is 194 Å². The van der Waals surface area contributed by atoms with Gasteiger partial charge in [-0.1, -0.05) is 155 Å². The molecule has 0 aromatic rings. The van der Waals surface area contributed by atoms with Crippen LogP contribution in [-0.2, 0) is 0 Å². The van der Waals surface area contributed by atoms with Gasteiger partial charge in [0, 0.05) is 0 Å². The van der Waals surface area contributed by atoms with Crippen LogP contribution < -0.4 is 0 Å². The van der Waals surface area contributed by atoms with E-state index < -0.39 is 0 Å². The average molecular weight is 482 g/mol. The fourth-order valence-corrected chi connectivity index (χ4v) is 5.22. The zero-order valence-corrected chi connectivity index (χ0v) is 24.5. The van der Waals surface area contributed by atoms with Crippen LogP contribution in [0.15, 0.2) is 0 Å². The largest absolute Gasteiger partial charge is 0.633 e. The predicted octanol–water partition coefficient (Wildman–Crippen LogP) is 11.5. The molecular formula is C32H67NO. The highest BCUT2D eigenvalue weighted by Crippen LogP contribution is 2.19. The second kappa shape index (κ2) is 26.0. The van der Waals surface area contributed by atoms with Crippen LogP contribution in [0.1, 0.15) is 188 Å². The van der Waals surface area contributed by atoms with E-state index >= 15 is 0 Å². The Kier molecular flexibility index (Phi) is 25.9. The van der Waals surface area contributed by atoms with E-state index in [1.54, 1.807) is 0 Å². The lowest BCUT2D eigenvalue weighted by Gasteiger charge is -2.44. The maximum atomic E-state index is 13.0. The number of hydroxylamine groups is 3. The van der Waals surface area contributed by atoms with Crippen LogP contribution in [0, 0.1) is 5.21 Å². The second-order valence-corrected chi connectivity index (χ2v) is 11.7. The Labute approximate surface area is 217 Å². The molecule has 0 amide bonds. The van der Waals surface area contributed by atoms with Crippen molar-refractivity contribution in [3.8, 4) is 0 Å². The minimum absolute atomic E-state index is 0.0178. The van der Waals surface area contributed by atoms with E-state index in [1.165, 1.54) is 154 Å². The van der Waals surface area contributed by atoms with E-state index in [9.17, 15) is 5.21 Å². The van der Waals surface area contributed by atoms with Gasteiger partial charge in [-0.2, -0.15) is 0 Å². The SMILES string of the molecule is CCCCCCCCCCCCCCCC(C)[N+](C)([O-])CCCCCCCCCCCCCC. The summed E-state index contributed by atoms with van der Waals surface area (Å²) in [6.07, 6.45) is 35.6. The smallest absolute Gasteiger partial charge is 0.0856 e. The van der Waals surface area contributed by atoms with Gasteiger partial charge < -0.3 is 9.85 Å². The molecule has 0 rings (SSSR count). The van der Waals surface area contributed by atoms with Crippen molar-refractivity contribution in [3.05, 3.63) is 5.21 Å². The lowest BCUT2D eigenvalue weighted by atomic mass is 10.0. The highest BCUT2D eigenvalue weighted by atomic mass is 16.5. The van der Waals surface area contributed by atoms with E-state index in [0.717, 1.165) is 19.4 Å². The molecule has 0 spiro atoms. The summed E-state index contributed by atoms with van der Waals surface area (Å²) < 4.78 is -0.0178. The topological polar surface area (TPSA) is 23.1 Å². The fraction of sp³-hybridized carbons (Fsp3) is 1.00. The van der Waals surface area contributed by atoms with E-state index in [0.29, 0.717) is 0 Å². The van der Waals surface area contributed by atoms with Crippen molar-refractivity contribution in [1.29, 1.82) is 0 Å². The Hall–Kier alpha value is -0.0800. The molecule has 0 heterocycles. The third kappa shape index (κ3) is 23.7. The quantitative estimate of drug-likeness (QED) is 0.0618. The summed E-state index contributed by atoms with van der Waals surface area (Å²) in [7, 11) is 1.92. The molecule has 0 saturated carbocycles. The minimum atomic E-state index is -0.0178. The van der Waals surface area contributed by atoms with Crippen molar-refractivity contribution >= 4 is 0 Å². The Morgan fingerprint density at radius 3 is 1.03 bits per heavy atom. The minimum Gasteiger partial charge on any atom is -0.633 e. The van der Waals surface area contributed by atoms with Crippen LogP contribution in [0.4, 0.5) is 0 Å². The van der Waals surface area contributed by atoms with Crippen molar-refractivity contribution in [1.82, 2.24) is 0 Å². The molecule has 206 valence electrons. The maximum absolute atomic E-state index is 13.0. The fourth-order valence-electron chi connectivity index (χ4n) is 5.22. The predicted molar refractivity (Wildman–Crippen MR) is 155 cm³/mol. The highest BCUT2D eigenvalue weighted by molar-refractivity contribution is 4.57. The zero-order valence-electron chi connectivity index (χ0n) is 24.5. The molecule has 0 aliphatic heterocycles. The summed E-state index contributed by atoms with van der Waals surface area (Å²) in [5.74, 6) is 0. The molecule has 2 atom stereocenters. The van der Waals surface area contributed by atoms with E-state index in [-0.39, 0.29) is 10.7 Å². The lowest BCUT2D eigenvalue weighted by molar-refractivity contribution is -0.885. The van der Waals surface area contributed by atoms with Crippen LogP contribution in [0.3, 0.4) is 0 Å². The molecular weight excluding hydrogens is 414 g/mol. The van der Waals surface area contributed by atoms with Gasteiger partial charge >= 0.3 is 0 Å². The number of hydrogen-bond acceptors (Lipinski definition) is 1. The zero-order chi connectivity index (χ0) is 25.2. The van der Waals surface area contributed by atoms with Gasteiger partial charge in [-0.25, -0.2) is 0 Å². The van der Waals surface area contributed by atoms with Crippen LogP contribution in [-0.4, -0.2) is 24.3 Å². The molecule has 2 unspecified atom stereocenters. The van der Waals surface area contributed by atoms with Crippen LogP contribution in [0.2, 0.25) is 0 Å². The van der Waals surface area contributed by atoms with Gasteiger partial charge in [-0.3, -0.25) is 0 Å². The number of unbranched alkanes of at least 4 members (excludes halogenated alkanes) is 23. The van der Waals surface area contributed by atoms with Crippen LogP contribution >= 0.6 is 0 Å². The standard InChI is InChI=1S/C32H67NO/c1-5-7-9-11-13-15-17-19-20-22-24-26-28-30-32(3)33(4,34)31-29-27-25-23-21-18-16-14-12-10-8-6-2/h32H,5-31H2,1-4H3. The summed E-state index contributed by atoms with van der Waals surface area (Å²) in [5.41, 5.74) is 0. The van der Waals surface area contributed by atoms with Crippen molar-refractivity contribution in [3.63, 3.8) is 0 Å². The number of quaternary nitrogens is 1. The third-order valence-electron chi connectivity index (χ3n) is 8.11. The monoisotopic (exact) mass is 482 g/mol. The molecule has 2 heteroatoms. The van der Waals surface area contributed by atoms with E-state index in [1.807, 2.05) is 7.05 Å². The summed E-state index contributed by atoms with van der Waals surface area (Å²) in [5, 5.41) is 13.0. The van der Waals surface area contributed by atoms with Crippen LogP contribution in [0.25, 0.3) is 0 Å². The van der Waals surface area contributed by atoms with Gasteiger partial charge in [0.2, 0.25) is 0 Å². The maximum Gasteiger partial charge on any atom is 0.0856 e. The molecule has 0 aliphatic carbocycles. The number of rotatable bonds is 28. The molecule has 0 aromatic heterocycles. The Bertz CT molecular complexity index is 381. The average Bonchev–Trinajstić information content (AvgIpc) is 2.82. The number of nitrogens with zero attached hydrogens (tertiary/aromatic N) is 1. The highest BCUT2D eigenvalue weighted by Gasteiger charge is 2.18. The first-order valence-electron chi connectivity index (χ1n) is 16.1. The van der Waals surface area contributed by atoms with Crippen molar-refractivity contribution in [2.24, 2.45) is 0 Å². The molecule has 0 saturated heterocycles. The van der Waals surface area contributed by atoms with Crippen LogP contribution in [0.5, 0.6) is 0 Å². The first-order chi connectivity index (χ1) is 16.5. The van der Waals surface area contributed by atoms with E-state index in [2.05, 4.69) is 20.8 Å². The Balaban J connectivity index is 3.44. The van der Waals surface area contributed by atoms with Crippen molar-refractivity contribution < 1.29 is 4.65 Å². The molecule has 2 nitrogen and oxygen atoms in total. The van der Waals surface area contributed by atoms with Gasteiger partial charge in [0.1, 0.15) is 0 Å². The Morgan fingerprint density at radius 2 is 0.706 bits per heavy atom. The summed E-state index contributed by atoms with van der Waals surface area (Å²) in [6.45, 7) is 7.58. The normalized spacial score (nSPS) is 14.4. The summed E-state index contributed by atoms with van der Waals surface area (Å²) in [4.78, 5) is 0. The number of hydrogen-bond donors (Lipinski definition) is 0. The van der Waals surface area contributed by atoms with E-state index in [4.69, 9.17) is 0 Å². The van der Waals surface area contributed by atoms with Gasteiger partial charge in [0.05, 0.1) is 19.6 Å². The first kappa shape index (κ1) is 33.9. The van der Waals surface area contributed by atoms with Gasteiger partial charge in [-0.15, -0.1) is 0 Å². The van der Waals surface area contributed by atoms with Crippen molar-refractivity contribution in [2.75, 3.05) is 13.6 Å². The molecule has 0 aliphatic rings. The molecule has 0 aromatic carbocycles. The van der Waals surface area contributed by atoms with Gasteiger partial charge in [0.15, 0.2) is 0 Å². The summed E-state index contributed by atoms with van der Waals surface area (Å²) in [6, 6.07) is 0.264. The van der Waals surface area contributed by atoms with Gasteiger partial charge in [-0.05, 0) is 32.6 Å². The molecule has 0 radical (unpaired) electrons. The lowest BCUT2D eigenvalue weighted by Crippen LogP contribution is -2.46. The third-order valence-corrected chi connectivity index (χ3v) is 8.11. The molecule has 0 fully saturated rings. The Morgan fingerprint density at radius 1 is 0.441 bits per heavy atom. The molecule has 34 heavy (non-hydrogen) atoms.